The van der Waals surface area contributed by atoms with E-state index in [4.69, 9.17) is 5.11 Å². The fourth-order valence-electron chi connectivity index (χ4n) is 3.80. The van der Waals surface area contributed by atoms with Crippen molar-refractivity contribution in [2.24, 2.45) is 0 Å². The van der Waals surface area contributed by atoms with Crippen molar-refractivity contribution in [2.45, 2.75) is 129 Å². The summed E-state index contributed by atoms with van der Waals surface area (Å²) in [6.07, 6.45) is 25.9. The number of rotatable bonds is 26. The number of carbonyl (C=O) groups excluding carboxylic acids is 1. The Balaban J connectivity index is 3.34. The van der Waals surface area contributed by atoms with Gasteiger partial charge in [0.15, 0.2) is 0 Å². The van der Waals surface area contributed by atoms with E-state index in [1.54, 1.807) is 0 Å². The third-order valence-corrected chi connectivity index (χ3v) is 7.90. The van der Waals surface area contributed by atoms with Gasteiger partial charge in [-0.05, 0) is 37.9 Å². The van der Waals surface area contributed by atoms with Gasteiger partial charge in [0.05, 0.1) is 0 Å². The van der Waals surface area contributed by atoms with Crippen LogP contribution in [0.4, 0.5) is 0 Å². The zero-order chi connectivity index (χ0) is 25.1. The number of carboxylic acid groups (broad SMARTS) is 1. The molecule has 0 bridgehead atoms. The van der Waals surface area contributed by atoms with E-state index in [0.717, 1.165) is 19.3 Å². The summed E-state index contributed by atoms with van der Waals surface area (Å²) in [5.74, 6) is 1.93. The number of amides is 1. The highest BCUT2D eigenvalue weighted by Gasteiger charge is 2.18. The Morgan fingerprint density at radius 1 is 0.824 bits per heavy atom. The third kappa shape index (κ3) is 24.8. The smallest absolute Gasteiger partial charge is 0.326 e. The predicted octanol–water partition coefficient (Wildman–Crippen LogP) is 8.46. The molecule has 0 fully saturated rings. The van der Waals surface area contributed by atoms with Gasteiger partial charge in [-0.25, -0.2) is 4.79 Å². The molecule has 0 rings (SSSR count). The first-order valence-corrected chi connectivity index (χ1v) is 16.8. The second-order valence-electron chi connectivity index (χ2n) is 9.11. The highest BCUT2D eigenvalue weighted by molar-refractivity contribution is 8.68. The average molecular weight is 534 g/mol. The quantitative estimate of drug-likeness (QED) is 0.0450. The lowest BCUT2D eigenvalue weighted by atomic mass is 10.1. The van der Waals surface area contributed by atoms with Crippen LogP contribution in [-0.4, -0.2) is 40.3 Å². The molecule has 0 aliphatic rings. The fraction of sp³-hybridized carbons (Fsp3) is 0.852. The van der Waals surface area contributed by atoms with Crippen LogP contribution in [-0.2, 0) is 9.59 Å². The van der Waals surface area contributed by atoms with Gasteiger partial charge in [0, 0.05) is 17.9 Å². The van der Waals surface area contributed by atoms with Crippen LogP contribution in [0.2, 0.25) is 0 Å². The molecule has 1 amide bonds. The standard InChI is InChI=1S/C27H51NO3S3/c1-2-3-4-5-6-9-12-15-18-22-33-23-19-16-13-10-7-8-11-14-17-20-26(29)28-25(27(30)31)21-24-34-32/h15,18,25,32H,2-14,16-17,19-24H2,1H3,(H,28,29)(H,30,31)/b18-15-. The molecule has 7 heteroatoms. The number of nitrogens with one attached hydrogen (secondary N) is 1. The molecule has 0 aromatic rings. The number of carbonyl (C=O) groups is 2. The van der Waals surface area contributed by atoms with Crippen molar-refractivity contribution in [3.05, 3.63) is 12.2 Å². The Morgan fingerprint density at radius 2 is 1.41 bits per heavy atom. The van der Waals surface area contributed by atoms with Crippen LogP contribution >= 0.6 is 34.2 Å². The minimum absolute atomic E-state index is 0.150. The predicted molar refractivity (Wildman–Crippen MR) is 156 cm³/mol. The number of aliphatic carboxylic acids is 1. The van der Waals surface area contributed by atoms with Gasteiger partial charge in [0.2, 0.25) is 5.91 Å². The lowest BCUT2D eigenvalue weighted by molar-refractivity contribution is -0.141. The van der Waals surface area contributed by atoms with E-state index in [1.165, 1.54) is 106 Å². The van der Waals surface area contributed by atoms with Crippen molar-refractivity contribution in [2.75, 3.05) is 17.3 Å². The van der Waals surface area contributed by atoms with Crippen LogP contribution in [0, 0.1) is 0 Å². The first-order valence-electron chi connectivity index (χ1n) is 13.6. The molecule has 1 atom stereocenters. The molecule has 0 aliphatic heterocycles. The summed E-state index contributed by atoms with van der Waals surface area (Å²) in [7, 11) is 1.29. The van der Waals surface area contributed by atoms with Gasteiger partial charge in [-0.3, -0.25) is 4.79 Å². The number of hydrogen-bond acceptors (Lipinski definition) is 5. The summed E-state index contributed by atoms with van der Waals surface area (Å²) in [5.41, 5.74) is 0. The molecule has 0 heterocycles. The van der Waals surface area contributed by atoms with Gasteiger partial charge in [-0.15, -0.1) is 11.7 Å². The fourth-order valence-corrected chi connectivity index (χ4v) is 5.31. The lowest BCUT2D eigenvalue weighted by Gasteiger charge is -2.13. The zero-order valence-electron chi connectivity index (χ0n) is 21.6. The summed E-state index contributed by atoms with van der Waals surface area (Å²) in [4.78, 5) is 23.1. The van der Waals surface area contributed by atoms with Gasteiger partial charge >= 0.3 is 5.97 Å². The Morgan fingerprint density at radius 3 is 2.03 bits per heavy atom. The second kappa shape index (κ2) is 27.3. The summed E-state index contributed by atoms with van der Waals surface area (Å²) < 4.78 is 0. The van der Waals surface area contributed by atoms with E-state index in [0.29, 0.717) is 18.6 Å². The molecule has 0 aromatic carbocycles. The molecule has 0 spiro atoms. The second-order valence-corrected chi connectivity index (χ2v) is 11.7. The number of carboxylic acids is 1. The van der Waals surface area contributed by atoms with E-state index in [1.807, 2.05) is 0 Å². The van der Waals surface area contributed by atoms with Crippen molar-refractivity contribution in [1.82, 2.24) is 5.32 Å². The number of allylic oxidation sites excluding steroid dienone is 1. The molecule has 0 saturated heterocycles. The Kier molecular flexibility index (Phi) is 27.1. The van der Waals surface area contributed by atoms with Crippen LogP contribution in [0.1, 0.15) is 122 Å². The maximum Gasteiger partial charge on any atom is 0.326 e. The first kappa shape index (κ1) is 33.7. The van der Waals surface area contributed by atoms with E-state index in [-0.39, 0.29) is 5.91 Å². The van der Waals surface area contributed by atoms with Crippen LogP contribution in [0.15, 0.2) is 12.2 Å². The van der Waals surface area contributed by atoms with E-state index in [2.05, 4.69) is 47.8 Å². The lowest BCUT2D eigenvalue weighted by Crippen LogP contribution is -2.41. The van der Waals surface area contributed by atoms with Crippen molar-refractivity contribution in [1.29, 1.82) is 0 Å². The maximum atomic E-state index is 11.9. The van der Waals surface area contributed by atoms with Gasteiger partial charge < -0.3 is 10.4 Å². The number of hydrogen-bond donors (Lipinski definition) is 3. The Hall–Kier alpha value is -0.270. The molecule has 2 N–H and O–H groups in total. The van der Waals surface area contributed by atoms with Crippen molar-refractivity contribution in [3.63, 3.8) is 0 Å². The SMILES string of the molecule is CCCCCCCC/C=C\CSCCCCCCCCCCCC(=O)NC(CCSS)C(=O)O. The molecule has 200 valence electrons. The monoisotopic (exact) mass is 533 g/mol. The number of thioether (sulfide) groups is 1. The van der Waals surface area contributed by atoms with Crippen LogP contribution in [0.5, 0.6) is 0 Å². The highest BCUT2D eigenvalue weighted by atomic mass is 33.1. The molecule has 0 saturated carbocycles. The van der Waals surface area contributed by atoms with Crippen molar-refractivity contribution >= 4 is 46.1 Å². The van der Waals surface area contributed by atoms with E-state index < -0.39 is 12.0 Å². The Labute approximate surface area is 223 Å². The molecule has 34 heavy (non-hydrogen) atoms. The summed E-state index contributed by atoms with van der Waals surface area (Å²) in [5, 5.41) is 11.8. The van der Waals surface area contributed by atoms with Gasteiger partial charge in [0.1, 0.15) is 6.04 Å². The van der Waals surface area contributed by atoms with Gasteiger partial charge in [-0.1, -0.05) is 107 Å². The molecule has 0 aliphatic carbocycles. The molecule has 0 radical (unpaired) electrons. The number of thiol groups is 1. The maximum absolute atomic E-state index is 11.9. The van der Waals surface area contributed by atoms with Crippen molar-refractivity contribution in [3.8, 4) is 0 Å². The van der Waals surface area contributed by atoms with E-state index >= 15 is 0 Å². The zero-order valence-corrected chi connectivity index (χ0v) is 24.1. The normalized spacial score (nSPS) is 12.3. The molecule has 1 unspecified atom stereocenters. The van der Waals surface area contributed by atoms with Crippen molar-refractivity contribution < 1.29 is 14.7 Å². The summed E-state index contributed by atoms with van der Waals surface area (Å²) >= 11 is 6.08. The number of unbranched alkanes of at least 4 members (excludes halogenated alkanes) is 14. The topological polar surface area (TPSA) is 66.4 Å². The largest absolute Gasteiger partial charge is 0.480 e. The van der Waals surface area contributed by atoms with Gasteiger partial charge in [-0.2, -0.15) is 11.8 Å². The van der Waals surface area contributed by atoms with Gasteiger partial charge in [0.25, 0.3) is 0 Å². The highest BCUT2D eigenvalue weighted by Crippen LogP contribution is 2.13. The molecule has 4 nitrogen and oxygen atoms in total. The Bertz CT molecular complexity index is 504. The molecule has 0 aromatic heterocycles. The molecular formula is C27H51NO3S3. The van der Waals surface area contributed by atoms with Crippen LogP contribution < -0.4 is 5.32 Å². The van der Waals surface area contributed by atoms with Crippen LogP contribution in [0.3, 0.4) is 0 Å². The third-order valence-electron chi connectivity index (χ3n) is 5.93. The summed E-state index contributed by atoms with van der Waals surface area (Å²) in [6, 6.07) is -0.795. The van der Waals surface area contributed by atoms with Crippen LogP contribution in [0.25, 0.3) is 0 Å². The molecular weight excluding hydrogens is 483 g/mol. The van der Waals surface area contributed by atoms with E-state index in [9.17, 15) is 9.59 Å². The minimum atomic E-state index is -0.968. The first-order chi connectivity index (χ1) is 16.6. The summed E-state index contributed by atoms with van der Waals surface area (Å²) in [6.45, 7) is 2.27. The minimum Gasteiger partial charge on any atom is -0.480 e. The average Bonchev–Trinajstić information content (AvgIpc) is 2.82.